The fourth-order valence-corrected chi connectivity index (χ4v) is 5.02. The summed E-state index contributed by atoms with van der Waals surface area (Å²) in [6, 6.07) is 13.7. The third kappa shape index (κ3) is 4.26. The summed E-state index contributed by atoms with van der Waals surface area (Å²) in [7, 11) is 1.85. The number of piperidine rings is 1. The van der Waals surface area contributed by atoms with E-state index in [1.807, 2.05) is 37.5 Å². The molecule has 1 aliphatic heterocycles. The Hall–Kier alpha value is -4.00. The molecule has 0 radical (unpaired) electrons. The second-order valence-corrected chi connectivity index (χ2v) is 9.20. The third-order valence-electron chi connectivity index (χ3n) is 6.68. The molecule has 8 nitrogen and oxygen atoms in total. The van der Waals surface area contributed by atoms with Crippen molar-refractivity contribution in [3.8, 4) is 28.5 Å². The molecule has 1 saturated heterocycles. The van der Waals surface area contributed by atoms with Gasteiger partial charge in [-0.25, -0.2) is 4.39 Å². The number of benzene rings is 2. The lowest BCUT2D eigenvalue weighted by molar-refractivity contribution is 0.0697. The number of nitrogens with two attached hydrogens (primary N) is 1. The zero-order chi connectivity index (χ0) is 25.4. The number of carbonyl (C=O) groups is 1. The number of aliphatic hydroxyl groups excluding tert-OH is 1. The van der Waals surface area contributed by atoms with Crippen LogP contribution in [0, 0.1) is 17.1 Å². The Morgan fingerprint density at radius 3 is 2.78 bits per heavy atom. The number of halogens is 1. The monoisotopic (exact) mass is 486 g/mol. The molecule has 0 bridgehead atoms. The van der Waals surface area contributed by atoms with Crippen LogP contribution in [0.2, 0.25) is 0 Å². The number of carbonyl (C=O) groups excluding carboxylic acids is 1. The van der Waals surface area contributed by atoms with Crippen molar-refractivity contribution in [1.29, 1.82) is 5.26 Å². The first-order chi connectivity index (χ1) is 17.4. The molecule has 1 aliphatic rings. The van der Waals surface area contributed by atoms with Crippen LogP contribution in [0.4, 0.5) is 4.39 Å². The van der Waals surface area contributed by atoms with E-state index in [1.165, 1.54) is 12.1 Å². The van der Waals surface area contributed by atoms with E-state index in [4.69, 9.17) is 5.73 Å². The van der Waals surface area contributed by atoms with Crippen molar-refractivity contribution in [2.24, 2.45) is 12.8 Å². The molecule has 184 valence electrons. The molecule has 3 N–H and O–H groups in total. The van der Waals surface area contributed by atoms with Gasteiger partial charge in [-0.05, 0) is 54.3 Å². The van der Waals surface area contributed by atoms with Crippen LogP contribution in [0.1, 0.15) is 28.9 Å². The number of aryl methyl sites for hydroxylation is 1. The number of aromatic nitrogens is 3. The smallest absolute Gasteiger partial charge is 0.270 e. The summed E-state index contributed by atoms with van der Waals surface area (Å²) < 4.78 is 18.2. The maximum absolute atomic E-state index is 14.7. The maximum atomic E-state index is 14.7. The quantitative estimate of drug-likeness (QED) is 0.450. The minimum atomic E-state index is -0.631. The van der Waals surface area contributed by atoms with E-state index in [2.05, 4.69) is 5.10 Å². The average molecular weight is 487 g/mol. The van der Waals surface area contributed by atoms with Crippen LogP contribution >= 0.6 is 0 Å². The highest BCUT2D eigenvalue weighted by Crippen LogP contribution is 2.38. The van der Waals surface area contributed by atoms with Crippen molar-refractivity contribution in [3.63, 3.8) is 0 Å². The van der Waals surface area contributed by atoms with E-state index in [0.29, 0.717) is 35.6 Å². The molecule has 1 fully saturated rings. The Labute approximate surface area is 208 Å². The molecular weight excluding hydrogens is 459 g/mol. The van der Waals surface area contributed by atoms with E-state index < -0.39 is 5.82 Å². The highest BCUT2D eigenvalue weighted by Gasteiger charge is 2.28. The first kappa shape index (κ1) is 23.7. The second-order valence-electron chi connectivity index (χ2n) is 9.20. The van der Waals surface area contributed by atoms with Crippen LogP contribution < -0.4 is 5.73 Å². The number of likely N-dealkylation sites (tertiary alicyclic amines) is 1. The Balaban J connectivity index is 1.73. The summed E-state index contributed by atoms with van der Waals surface area (Å²) >= 11 is 0. The minimum Gasteiger partial charge on any atom is -0.395 e. The fourth-order valence-electron chi connectivity index (χ4n) is 5.02. The molecule has 36 heavy (non-hydrogen) atoms. The Bertz CT molecular complexity index is 1500. The lowest BCUT2D eigenvalue weighted by Gasteiger charge is -2.31. The first-order valence-electron chi connectivity index (χ1n) is 11.9. The van der Waals surface area contributed by atoms with Gasteiger partial charge in [0.15, 0.2) is 0 Å². The Morgan fingerprint density at radius 1 is 1.25 bits per heavy atom. The van der Waals surface area contributed by atoms with E-state index >= 15 is 0 Å². The summed E-state index contributed by atoms with van der Waals surface area (Å²) in [6.45, 7) is 1.06. The van der Waals surface area contributed by atoms with Crippen molar-refractivity contribution < 1.29 is 14.3 Å². The summed E-state index contributed by atoms with van der Waals surface area (Å²) in [5.74, 6) is -0.809. The molecule has 4 aromatic rings. The first-order valence-corrected chi connectivity index (χ1v) is 11.9. The minimum absolute atomic E-state index is 0.0505. The summed E-state index contributed by atoms with van der Waals surface area (Å²) in [4.78, 5) is 15.4. The van der Waals surface area contributed by atoms with Crippen molar-refractivity contribution in [2.75, 3.05) is 19.7 Å². The van der Waals surface area contributed by atoms with Crippen molar-refractivity contribution in [1.82, 2.24) is 19.2 Å². The van der Waals surface area contributed by atoms with Gasteiger partial charge in [0.1, 0.15) is 17.6 Å². The van der Waals surface area contributed by atoms with Gasteiger partial charge in [0.25, 0.3) is 5.91 Å². The number of nitriles is 1. The molecule has 2 aromatic carbocycles. The highest BCUT2D eigenvalue weighted by molar-refractivity contribution is 5.98. The molecule has 5 rings (SSSR count). The zero-order valence-corrected chi connectivity index (χ0v) is 20.0. The zero-order valence-electron chi connectivity index (χ0n) is 20.0. The van der Waals surface area contributed by atoms with Gasteiger partial charge in [-0.2, -0.15) is 10.4 Å². The summed E-state index contributed by atoms with van der Waals surface area (Å²) in [5, 5.41) is 24.5. The van der Waals surface area contributed by atoms with E-state index in [0.717, 1.165) is 29.3 Å². The molecule has 9 heteroatoms. The molecular formula is C27H27FN6O2. The highest BCUT2D eigenvalue weighted by atomic mass is 19.1. The number of hydrogen-bond donors (Lipinski definition) is 2. The summed E-state index contributed by atoms with van der Waals surface area (Å²) in [5.41, 5.74) is 9.98. The molecule has 2 aromatic heterocycles. The topological polar surface area (TPSA) is 113 Å². The number of fused-ring (bicyclic) bond motifs is 1. The van der Waals surface area contributed by atoms with Gasteiger partial charge >= 0.3 is 0 Å². The van der Waals surface area contributed by atoms with Crippen molar-refractivity contribution >= 4 is 16.8 Å². The van der Waals surface area contributed by atoms with Crippen LogP contribution in [0.25, 0.3) is 33.3 Å². The number of aliphatic hydroxyl groups is 1. The number of amides is 1. The van der Waals surface area contributed by atoms with Crippen LogP contribution in [-0.4, -0.2) is 56.0 Å². The van der Waals surface area contributed by atoms with E-state index in [-0.39, 0.29) is 30.7 Å². The van der Waals surface area contributed by atoms with Gasteiger partial charge in [0.2, 0.25) is 0 Å². The fraction of sp³-hybridized carbons (Fsp3) is 0.296. The Morgan fingerprint density at radius 2 is 2.06 bits per heavy atom. The maximum Gasteiger partial charge on any atom is 0.270 e. The van der Waals surface area contributed by atoms with Gasteiger partial charge in [-0.1, -0.05) is 12.1 Å². The average Bonchev–Trinajstić information content (AvgIpc) is 3.43. The molecule has 0 saturated carbocycles. The van der Waals surface area contributed by atoms with Gasteiger partial charge in [0, 0.05) is 49.9 Å². The predicted octanol–water partition coefficient (Wildman–Crippen LogP) is 3.28. The van der Waals surface area contributed by atoms with Gasteiger partial charge in [-0.15, -0.1) is 0 Å². The standard InChI is InChI=1S/C27H27FN6O2/c1-32-15-20-11-18(6-7-24(20)31-32)26-22(17-4-5-19(14-29)23(28)12-17)13-25(34(26)9-10-35)27(36)33-8-2-3-21(30)16-33/h4-7,11-13,15,21,35H,2-3,8-10,16,30H2,1H3. The van der Waals surface area contributed by atoms with Crippen LogP contribution in [-0.2, 0) is 13.6 Å². The molecule has 0 spiro atoms. The van der Waals surface area contributed by atoms with E-state index in [1.54, 1.807) is 26.3 Å². The van der Waals surface area contributed by atoms with Crippen LogP contribution in [0.15, 0.2) is 48.7 Å². The van der Waals surface area contributed by atoms with E-state index in [9.17, 15) is 19.6 Å². The molecule has 1 atom stereocenters. The number of rotatable bonds is 5. The van der Waals surface area contributed by atoms with Crippen molar-refractivity contribution in [2.45, 2.75) is 25.4 Å². The number of hydrogen-bond acceptors (Lipinski definition) is 5. The molecule has 1 unspecified atom stereocenters. The molecule has 0 aliphatic carbocycles. The third-order valence-corrected chi connectivity index (χ3v) is 6.68. The molecule has 3 heterocycles. The normalized spacial score (nSPS) is 15.9. The SMILES string of the molecule is Cn1cc2cc(-c3c(-c4ccc(C#N)c(F)c4)cc(C(=O)N4CCCC(N)C4)n3CCO)ccc2n1. The lowest BCUT2D eigenvalue weighted by atomic mass is 9.99. The van der Waals surface area contributed by atoms with Gasteiger partial charge < -0.3 is 20.3 Å². The van der Waals surface area contributed by atoms with Gasteiger partial charge in [-0.3, -0.25) is 9.48 Å². The van der Waals surface area contributed by atoms with Gasteiger partial charge in [0.05, 0.1) is 23.4 Å². The Kier molecular flexibility index (Phi) is 6.31. The number of nitrogens with zero attached hydrogens (tertiary/aromatic N) is 5. The van der Waals surface area contributed by atoms with Crippen LogP contribution in [0.3, 0.4) is 0 Å². The predicted molar refractivity (Wildman–Crippen MR) is 134 cm³/mol. The second kappa shape index (κ2) is 9.57. The largest absolute Gasteiger partial charge is 0.395 e. The van der Waals surface area contributed by atoms with Crippen molar-refractivity contribution in [3.05, 3.63) is 65.7 Å². The lowest BCUT2D eigenvalue weighted by Crippen LogP contribution is -2.46. The van der Waals surface area contributed by atoms with Crippen LogP contribution in [0.5, 0.6) is 0 Å². The molecule has 1 amide bonds. The summed E-state index contributed by atoms with van der Waals surface area (Å²) in [6.07, 6.45) is 3.60.